The highest BCUT2D eigenvalue weighted by atomic mass is 19.1. The summed E-state index contributed by atoms with van der Waals surface area (Å²) in [5, 5.41) is 0. The van der Waals surface area contributed by atoms with E-state index in [1.165, 1.54) is 18.2 Å². The monoisotopic (exact) mass is 478 g/mol. The van der Waals surface area contributed by atoms with E-state index >= 15 is 0 Å². The number of hydrogen-bond acceptors (Lipinski definition) is 6. The van der Waals surface area contributed by atoms with Gasteiger partial charge in [0.15, 0.2) is 0 Å². The van der Waals surface area contributed by atoms with Gasteiger partial charge in [-0.15, -0.1) is 0 Å². The van der Waals surface area contributed by atoms with E-state index in [-0.39, 0.29) is 17.3 Å². The standard InChI is InChI=1S/C22H20FN3O3.C4H7NO/c23-15-4-3-5-19(12-15)28-17-6-8-18(9-7-17)29-22-20(21(24)27)13-16(14-25-22)26-10-1-2-11-26;1-2-3-4(5)6/h3-9,12-14H,1-2,10-11H2,(H2,24,27);2-3H,1H3,(H2,5,6)/b;3-2+. The molecule has 1 fully saturated rings. The minimum Gasteiger partial charge on any atom is -0.457 e. The zero-order valence-corrected chi connectivity index (χ0v) is 19.3. The van der Waals surface area contributed by atoms with Gasteiger partial charge in [-0.25, -0.2) is 9.37 Å². The Hall–Kier alpha value is -4.40. The Labute approximate surface area is 203 Å². The Bertz CT molecular complexity index is 1190. The molecule has 2 heterocycles. The summed E-state index contributed by atoms with van der Waals surface area (Å²) in [7, 11) is 0. The van der Waals surface area contributed by atoms with Gasteiger partial charge in [-0.1, -0.05) is 12.1 Å². The van der Waals surface area contributed by atoms with Gasteiger partial charge < -0.3 is 25.8 Å². The molecule has 182 valence electrons. The number of aromatic nitrogens is 1. The zero-order valence-electron chi connectivity index (χ0n) is 19.3. The number of amides is 2. The molecule has 1 aromatic heterocycles. The molecule has 1 aliphatic rings. The molecule has 9 heteroatoms. The number of pyridine rings is 1. The van der Waals surface area contributed by atoms with Crippen LogP contribution in [-0.2, 0) is 4.79 Å². The summed E-state index contributed by atoms with van der Waals surface area (Å²) in [6.07, 6.45) is 6.83. The number of anilines is 1. The van der Waals surface area contributed by atoms with Gasteiger partial charge in [0.05, 0.1) is 11.9 Å². The van der Waals surface area contributed by atoms with E-state index in [0.717, 1.165) is 31.6 Å². The molecule has 0 spiro atoms. The van der Waals surface area contributed by atoms with Crippen LogP contribution in [-0.4, -0.2) is 29.9 Å². The van der Waals surface area contributed by atoms with E-state index in [0.29, 0.717) is 17.2 Å². The van der Waals surface area contributed by atoms with Crippen LogP contribution in [0.2, 0.25) is 0 Å². The second-order valence-electron chi connectivity index (χ2n) is 7.64. The van der Waals surface area contributed by atoms with E-state index in [1.807, 2.05) is 0 Å². The summed E-state index contributed by atoms with van der Waals surface area (Å²) in [4.78, 5) is 28.1. The SMILES string of the molecule is C/C=C/C(N)=O.NC(=O)c1cc(N2CCCC2)cnc1Oc1ccc(Oc2cccc(F)c2)cc1. The number of carbonyl (C=O) groups is 2. The highest BCUT2D eigenvalue weighted by molar-refractivity contribution is 5.96. The van der Waals surface area contributed by atoms with Crippen LogP contribution in [0, 0.1) is 5.82 Å². The van der Waals surface area contributed by atoms with Crippen molar-refractivity contribution in [3.8, 4) is 23.1 Å². The van der Waals surface area contributed by atoms with Crippen LogP contribution in [0.4, 0.5) is 10.1 Å². The fourth-order valence-corrected chi connectivity index (χ4v) is 3.37. The lowest BCUT2D eigenvalue weighted by molar-refractivity contribution is -0.113. The van der Waals surface area contributed by atoms with Crippen LogP contribution >= 0.6 is 0 Å². The van der Waals surface area contributed by atoms with E-state index in [1.54, 1.807) is 61.7 Å². The molecule has 0 radical (unpaired) electrons. The molecule has 4 N–H and O–H groups in total. The molecular formula is C26H27FN4O4. The molecule has 2 amide bonds. The smallest absolute Gasteiger partial charge is 0.254 e. The number of halogens is 1. The van der Waals surface area contributed by atoms with Crippen LogP contribution in [0.15, 0.2) is 72.9 Å². The van der Waals surface area contributed by atoms with E-state index in [9.17, 15) is 14.0 Å². The Kier molecular flexibility index (Phi) is 8.77. The number of ether oxygens (including phenoxy) is 2. The van der Waals surface area contributed by atoms with Crippen molar-refractivity contribution in [2.45, 2.75) is 19.8 Å². The van der Waals surface area contributed by atoms with Crippen molar-refractivity contribution in [1.29, 1.82) is 0 Å². The molecule has 0 saturated carbocycles. The number of nitrogens with two attached hydrogens (primary N) is 2. The largest absolute Gasteiger partial charge is 0.457 e. The average Bonchev–Trinajstić information content (AvgIpc) is 3.36. The fraction of sp³-hybridized carbons (Fsp3) is 0.192. The second kappa shape index (κ2) is 12.2. The van der Waals surface area contributed by atoms with Gasteiger partial charge in [-0.3, -0.25) is 9.59 Å². The highest BCUT2D eigenvalue weighted by Gasteiger charge is 2.18. The topological polar surface area (TPSA) is 121 Å². The van der Waals surface area contributed by atoms with Gasteiger partial charge >= 0.3 is 0 Å². The highest BCUT2D eigenvalue weighted by Crippen LogP contribution is 2.30. The first kappa shape index (κ1) is 25.2. The summed E-state index contributed by atoms with van der Waals surface area (Å²) in [6, 6.07) is 14.3. The third-order valence-corrected chi connectivity index (χ3v) is 4.97. The number of rotatable bonds is 7. The van der Waals surface area contributed by atoms with Crippen molar-refractivity contribution in [3.63, 3.8) is 0 Å². The minimum absolute atomic E-state index is 0.152. The van der Waals surface area contributed by atoms with Gasteiger partial charge in [0.25, 0.3) is 5.91 Å². The van der Waals surface area contributed by atoms with Crippen molar-refractivity contribution in [1.82, 2.24) is 4.98 Å². The molecule has 4 rings (SSSR count). The predicted molar refractivity (Wildman–Crippen MR) is 131 cm³/mol. The molecule has 8 nitrogen and oxygen atoms in total. The Balaban J connectivity index is 0.000000509. The van der Waals surface area contributed by atoms with Gasteiger partial charge in [-0.05, 0) is 68.3 Å². The van der Waals surface area contributed by atoms with Crippen molar-refractivity contribution in [2.24, 2.45) is 11.5 Å². The third-order valence-electron chi connectivity index (χ3n) is 4.97. The number of allylic oxidation sites excluding steroid dienone is 1. The van der Waals surface area contributed by atoms with Gasteiger partial charge in [-0.2, -0.15) is 0 Å². The Morgan fingerprint density at radius 1 is 0.971 bits per heavy atom. The van der Waals surface area contributed by atoms with E-state index in [2.05, 4.69) is 15.6 Å². The lowest BCUT2D eigenvalue weighted by Gasteiger charge is -2.18. The molecule has 2 aromatic carbocycles. The van der Waals surface area contributed by atoms with Crippen LogP contribution in [0.25, 0.3) is 0 Å². The van der Waals surface area contributed by atoms with Gasteiger partial charge in [0.1, 0.15) is 28.6 Å². The quantitative estimate of drug-likeness (QED) is 0.481. The maximum Gasteiger partial charge on any atom is 0.254 e. The van der Waals surface area contributed by atoms with Crippen LogP contribution in [0.1, 0.15) is 30.1 Å². The van der Waals surface area contributed by atoms with Crippen molar-refractivity contribution in [2.75, 3.05) is 18.0 Å². The second-order valence-corrected chi connectivity index (χ2v) is 7.64. The Morgan fingerprint density at radius 3 is 2.17 bits per heavy atom. The number of carbonyl (C=O) groups excluding carboxylic acids is 2. The van der Waals surface area contributed by atoms with Crippen LogP contribution in [0.5, 0.6) is 23.1 Å². The normalized spacial score (nSPS) is 12.7. The lowest BCUT2D eigenvalue weighted by atomic mass is 10.2. The van der Waals surface area contributed by atoms with Crippen LogP contribution < -0.4 is 25.8 Å². The molecule has 0 atom stereocenters. The molecule has 0 bridgehead atoms. The van der Waals surface area contributed by atoms with E-state index < -0.39 is 11.8 Å². The molecule has 3 aromatic rings. The summed E-state index contributed by atoms with van der Waals surface area (Å²) in [5.41, 5.74) is 11.3. The predicted octanol–water partition coefficient (Wildman–Crippen LogP) is 4.55. The zero-order chi connectivity index (χ0) is 25.2. The number of primary amides is 2. The summed E-state index contributed by atoms with van der Waals surface area (Å²) < 4.78 is 24.6. The van der Waals surface area contributed by atoms with Gasteiger partial charge in [0, 0.05) is 19.2 Å². The van der Waals surface area contributed by atoms with Crippen molar-refractivity contribution in [3.05, 3.63) is 84.3 Å². The van der Waals surface area contributed by atoms with Crippen LogP contribution in [0.3, 0.4) is 0 Å². The number of benzene rings is 2. The number of nitrogens with zero attached hydrogens (tertiary/aromatic N) is 2. The Morgan fingerprint density at radius 2 is 1.63 bits per heavy atom. The first-order valence-corrected chi connectivity index (χ1v) is 11.0. The lowest BCUT2D eigenvalue weighted by Crippen LogP contribution is -2.20. The fourth-order valence-electron chi connectivity index (χ4n) is 3.37. The minimum atomic E-state index is -0.598. The molecule has 1 aliphatic heterocycles. The van der Waals surface area contributed by atoms with Crippen molar-refractivity contribution >= 4 is 17.5 Å². The van der Waals surface area contributed by atoms with Gasteiger partial charge in [0.2, 0.25) is 11.8 Å². The summed E-state index contributed by atoms with van der Waals surface area (Å²) in [5.74, 6) is 0.186. The first-order chi connectivity index (χ1) is 16.9. The third kappa shape index (κ3) is 7.56. The summed E-state index contributed by atoms with van der Waals surface area (Å²) in [6.45, 7) is 3.62. The van der Waals surface area contributed by atoms with E-state index in [4.69, 9.17) is 15.2 Å². The first-order valence-electron chi connectivity index (χ1n) is 11.0. The number of hydrogen-bond donors (Lipinski definition) is 2. The molecule has 35 heavy (non-hydrogen) atoms. The molecule has 0 unspecified atom stereocenters. The maximum atomic E-state index is 13.3. The molecule has 0 aliphatic carbocycles. The maximum absolute atomic E-state index is 13.3. The molecular weight excluding hydrogens is 451 g/mol. The van der Waals surface area contributed by atoms with Crippen molar-refractivity contribution < 1.29 is 23.5 Å². The average molecular weight is 479 g/mol. The summed E-state index contributed by atoms with van der Waals surface area (Å²) >= 11 is 0. The molecule has 1 saturated heterocycles.